The van der Waals surface area contributed by atoms with Crippen LogP contribution < -0.4 is 10.2 Å². The van der Waals surface area contributed by atoms with Crippen molar-refractivity contribution in [3.63, 3.8) is 0 Å². The van der Waals surface area contributed by atoms with Crippen molar-refractivity contribution >= 4 is 11.7 Å². The van der Waals surface area contributed by atoms with Crippen molar-refractivity contribution in [1.82, 2.24) is 10.3 Å². The second kappa shape index (κ2) is 8.13. The number of H-pyrrole nitrogens is 1. The Balaban J connectivity index is 1.84. The van der Waals surface area contributed by atoms with E-state index in [1.807, 2.05) is 0 Å². The van der Waals surface area contributed by atoms with Gasteiger partial charge in [-0.2, -0.15) is 0 Å². The molecule has 0 atom stereocenters. The number of carbonyl (C=O) groups excluding carboxylic acids is 2. The minimum atomic E-state index is -0.128. The Hall–Kier alpha value is -1.62. The van der Waals surface area contributed by atoms with Gasteiger partial charge < -0.3 is 15.2 Å². The number of hydrogen-bond acceptors (Lipinski definition) is 2. The molecule has 0 aliphatic heterocycles. The van der Waals surface area contributed by atoms with Crippen LogP contribution in [-0.2, 0) is 0 Å². The first-order valence-electron chi connectivity index (χ1n) is 8.38. The average molecular weight is 306 g/mol. The number of rotatable bonds is 7. The van der Waals surface area contributed by atoms with Crippen LogP contribution in [0.1, 0.15) is 59.4 Å². The molecule has 22 heavy (non-hydrogen) atoms. The van der Waals surface area contributed by atoms with Crippen LogP contribution in [0.25, 0.3) is 0 Å². The molecule has 1 heterocycles. The van der Waals surface area contributed by atoms with Crippen LogP contribution in [-0.4, -0.2) is 43.9 Å². The predicted molar refractivity (Wildman–Crippen MR) is 86.3 cm³/mol. The molecule has 1 aliphatic rings. The van der Waals surface area contributed by atoms with Gasteiger partial charge in [-0.25, -0.2) is 0 Å². The molecular weight excluding hydrogens is 278 g/mol. The molecule has 1 amide bonds. The summed E-state index contributed by atoms with van der Waals surface area (Å²) in [5.74, 6) is 0.200. The normalized spacial score (nSPS) is 16.0. The molecule has 1 fully saturated rings. The molecule has 1 aromatic rings. The van der Waals surface area contributed by atoms with E-state index in [0.717, 1.165) is 38.6 Å². The summed E-state index contributed by atoms with van der Waals surface area (Å²) < 4.78 is 0. The Labute approximate surface area is 132 Å². The van der Waals surface area contributed by atoms with Gasteiger partial charge in [-0.3, -0.25) is 9.59 Å². The summed E-state index contributed by atoms with van der Waals surface area (Å²) in [6.07, 6.45) is 8.11. The van der Waals surface area contributed by atoms with Gasteiger partial charge in [0.1, 0.15) is 5.69 Å². The highest BCUT2D eigenvalue weighted by Gasteiger charge is 2.23. The Morgan fingerprint density at radius 2 is 2.00 bits per heavy atom. The van der Waals surface area contributed by atoms with Crippen molar-refractivity contribution in [1.29, 1.82) is 0 Å². The SMILES string of the molecule is C[NH+](C)CCCNC(=O)c1cc(C(=O)C2CCCCC2)c[nH]1. The molecular formula is C17H28N3O2+. The number of carbonyl (C=O) groups is 2. The molecule has 0 aromatic carbocycles. The van der Waals surface area contributed by atoms with Gasteiger partial charge in [-0.05, 0) is 18.9 Å². The highest BCUT2D eigenvalue weighted by Crippen LogP contribution is 2.27. The summed E-state index contributed by atoms with van der Waals surface area (Å²) in [7, 11) is 4.19. The number of Topliss-reactive ketones (excluding diaryl/α,β-unsaturated/α-hetero) is 1. The number of quaternary nitrogens is 1. The van der Waals surface area contributed by atoms with E-state index in [9.17, 15) is 9.59 Å². The Morgan fingerprint density at radius 1 is 1.27 bits per heavy atom. The van der Waals surface area contributed by atoms with Gasteiger partial charge in [0, 0.05) is 30.6 Å². The molecule has 1 saturated carbocycles. The fourth-order valence-corrected chi connectivity index (χ4v) is 3.01. The maximum Gasteiger partial charge on any atom is 0.267 e. The summed E-state index contributed by atoms with van der Waals surface area (Å²) in [6, 6.07) is 1.70. The third kappa shape index (κ3) is 4.70. The maximum atomic E-state index is 12.4. The van der Waals surface area contributed by atoms with E-state index in [2.05, 4.69) is 24.4 Å². The standard InChI is InChI=1S/C17H27N3O2/c1-20(2)10-6-9-18-17(22)15-11-14(12-19-15)16(21)13-7-4-3-5-8-13/h11-13,19H,3-10H2,1-2H3,(H,18,22)/p+1. The van der Waals surface area contributed by atoms with Gasteiger partial charge in [0.25, 0.3) is 5.91 Å². The van der Waals surface area contributed by atoms with Gasteiger partial charge in [0.15, 0.2) is 5.78 Å². The average Bonchev–Trinajstić information content (AvgIpc) is 3.01. The first-order chi connectivity index (χ1) is 10.6. The zero-order valence-electron chi connectivity index (χ0n) is 13.7. The van der Waals surface area contributed by atoms with Crippen molar-refractivity contribution < 1.29 is 14.5 Å². The quantitative estimate of drug-likeness (QED) is 0.520. The number of ketones is 1. The minimum absolute atomic E-state index is 0.128. The largest absolute Gasteiger partial charge is 0.356 e. The van der Waals surface area contributed by atoms with Crippen molar-refractivity contribution in [2.24, 2.45) is 5.92 Å². The van der Waals surface area contributed by atoms with E-state index in [1.165, 1.54) is 11.3 Å². The lowest BCUT2D eigenvalue weighted by molar-refractivity contribution is -0.858. The third-order valence-corrected chi connectivity index (χ3v) is 4.33. The van der Waals surface area contributed by atoms with E-state index in [1.54, 1.807) is 12.3 Å². The predicted octanol–water partition coefficient (Wildman–Crippen LogP) is 1.04. The molecule has 5 heteroatoms. The van der Waals surface area contributed by atoms with Gasteiger partial charge >= 0.3 is 0 Å². The molecule has 0 bridgehead atoms. The molecule has 3 N–H and O–H groups in total. The van der Waals surface area contributed by atoms with Gasteiger partial charge in [-0.1, -0.05) is 19.3 Å². The van der Waals surface area contributed by atoms with E-state index < -0.39 is 0 Å². The minimum Gasteiger partial charge on any atom is -0.356 e. The summed E-state index contributed by atoms with van der Waals surface area (Å²) >= 11 is 0. The molecule has 0 unspecified atom stereocenters. The Kier molecular flexibility index (Phi) is 6.19. The summed E-state index contributed by atoms with van der Waals surface area (Å²) in [6.45, 7) is 1.69. The number of hydrogen-bond donors (Lipinski definition) is 3. The first-order valence-corrected chi connectivity index (χ1v) is 8.38. The second-order valence-corrected chi connectivity index (χ2v) is 6.57. The third-order valence-electron chi connectivity index (χ3n) is 4.33. The molecule has 5 nitrogen and oxygen atoms in total. The monoisotopic (exact) mass is 306 g/mol. The molecule has 0 spiro atoms. The van der Waals surface area contributed by atoms with Gasteiger partial charge in [0.05, 0.1) is 20.6 Å². The van der Waals surface area contributed by atoms with Crippen LogP contribution in [0.15, 0.2) is 12.3 Å². The second-order valence-electron chi connectivity index (χ2n) is 6.57. The van der Waals surface area contributed by atoms with Crippen molar-refractivity contribution in [3.8, 4) is 0 Å². The molecule has 0 radical (unpaired) electrons. The molecule has 122 valence electrons. The lowest BCUT2D eigenvalue weighted by Gasteiger charge is -2.19. The topological polar surface area (TPSA) is 66.4 Å². The number of aromatic nitrogens is 1. The van der Waals surface area contributed by atoms with Gasteiger partial charge in [0.2, 0.25) is 0 Å². The summed E-state index contributed by atoms with van der Waals surface area (Å²) in [5, 5.41) is 2.89. The molecule has 1 aliphatic carbocycles. The van der Waals surface area contributed by atoms with Crippen LogP contribution in [0.3, 0.4) is 0 Å². The summed E-state index contributed by atoms with van der Waals surface area (Å²) in [4.78, 5) is 28.8. The molecule has 2 rings (SSSR count). The van der Waals surface area contributed by atoms with Crippen LogP contribution in [0, 0.1) is 5.92 Å². The lowest BCUT2D eigenvalue weighted by Crippen LogP contribution is -3.05. The zero-order chi connectivity index (χ0) is 15.9. The smallest absolute Gasteiger partial charge is 0.267 e. The number of nitrogens with one attached hydrogen (secondary N) is 3. The van der Waals surface area contributed by atoms with Crippen molar-refractivity contribution in [2.45, 2.75) is 38.5 Å². The highest BCUT2D eigenvalue weighted by atomic mass is 16.2. The maximum absolute atomic E-state index is 12.4. The highest BCUT2D eigenvalue weighted by molar-refractivity contribution is 6.01. The van der Waals surface area contributed by atoms with Crippen molar-refractivity contribution in [2.75, 3.05) is 27.2 Å². The first kappa shape index (κ1) is 16.7. The zero-order valence-corrected chi connectivity index (χ0v) is 13.7. The van der Waals surface area contributed by atoms with Crippen LogP contribution in [0.5, 0.6) is 0 Å². The number of amides is 1. The Morgan fingerprint density at radius 3 is 2.68 bits per heavy atom. The van der Waals surface area contributed by atoms with Gasteiger partial charge in [-0.15, -0.1) is 0 Å². The van der Waals surface area contributed by atoms with Crippen LogP contribution in [0.2, 0.25) is 0 Å². The molecule has 1 aromatic heterocycles. The molecule has 0 saturated heterocycles. The van der Waals surface area contributed by atoms with E-state index in [-0.39, 0.29) is 17.6 Å². The summed E-state index contributed by atoms with van der Waals surface area (Å²) in [5.41, 5.74) is 1.13. The van der Waals surface area contributed by atoms with Crippen molar-refractivity contribution in [3.05, 3.63) is 23.5 Å². The van der Waals surface area contributed by atoms with E-state index in [0.29, 0.717) is 17.8 Å². The number of aromatic amines is 1. The lowest BCUT2D eigenvalue weighted by atomic mass is 9.84. The fraction of sp³-hybridized carbons (Fsp3) is 0.647. The van der Waals surface area contributed by atoms with E-state index in [4.69, 9.17) is 0 Å². The van der Waals surface area contributed by atoms with Crippen LogP contribution >= 0.6 is 0 Å². The van der Waals surface area contributed by atoms with Crippen LogP contribution in [0.4, 0.5) is 0 Å². The van der Waals surface area contributed by atoms with E-state index >= 15 is 0 Å². The fourth-order valence-electron chi connectivity index (χ4n) is 3.01. The Bertz CT molecular complexity index is 502.